The zero-order chi connectivity index (χ0) is 12.3. The molecule has 1 aromatic heterocycles. The SMILES string of the molecule is CN1CCCN(Cc2cnc(N)cn2)CC1=O. The van der Waals surface area contributed by atoms with Gasteiger partial charge >= 0.3 is 0 Å². The maximum Gasteiger partial charge on any atom is 0.236 e. The van der Waals surface area contributed by atoms with Crippen molar-refractivity contribution in [3.05, 3.63) is 18.1 Å². The van der Waals surface area contributed by atoms with Crippen LogP contribution >= 0.6 is 0 Å². The Morgan fingerprint density at radius 3 is 2.88 bits per heavy atom. The normalized spacial score (nSPS) is 18.2. The molecule has 1 saturated heterocycles. The van der Waals surface area contributed by atoms with Crippen molar-refractivity contribution in [1.82, 2.24) is 19.8 Å². The number of amides is 1. The fourth-order valence-electron chi connectivity index (χ4n) is 1.86. The Kier molecular flexibility index (Phi) is 3.53. The molecule has 2 heterocycles. The second kappa shape index (κ2) is 5.09. The zero-order valence-electron chi connectivity index (χ0n) is 9.96. The van der Waals surface area contributed by atoms with Crippen LogP contribution in [0, 0.1) is 0 Å². The highest BCUT2D eigenvalue weighted by Crippen LogP contribution is 2.07. The minimum atomic E-state index is 0.158. The summed E-state index contributed by atoms with van der Waals surface area (Å²) in [5, 5.41) is 0. The van der Waals surface area contributed by atoms with Gasteiger partial charge in [-0.15, -0.1) is 0 Å². The Hall–Kier alpha value is -1.69. The summed E-state index contributed by atoms with van der Waals surface area (Å²) in [7, 11) is 1.84. The molecule has 1 aliphatic rings. The molecule has 2 N–H and O–H groups in total. The summed E-state index contributed by atoms with van der Waals surface area (Å²) in [6, 6.07) is 0. The number of carbonyl (C=O) groups excluding carboxylic acids is 1. The van der Waals surface area contributed by atoms with Crippen LogP contribution in [0.2, 0.25) is 0 Å². The number of likely N-dealkylation sites (N-methyl/N-ethyl adjacent to an activating group) is 1. The van der Waals surface area contributed by atoms with Gasteiger partial charge in [-0.2, -0.15) is 0 Å². The van der Waals surface area contributed by atoms with E-state index in [1.54, 1.807) is 17.3 Å². The van der Waals surface area contributed by atoms with Crippen molar-refractivity contribution in [3.8, 4) is 0 Å². The van der Waals surface area contributed by atoms with Gasteiger partial charge in [0.2, 0.25) is 5.91 Å². The molecule has 0 spiro atoms. The van der Waals surface area contributed by atoms with E-state index in [4.69, 9.17) is 5.73 Å². The molecule has 0 aliphatic carbocycles. The maximum absolute atomic E-state index is 11.7. The summed E-state index contributed by atoms with van der Waals surface area (Å²) in [5.74, 6) is 0.575. The fourth-order valence-corrected chi connectivity index (χ4v) is 1.86. The number of nitrogens with two attached hydrogens (primary N) is 1. The van der Waals surface area contributed by atoms with Crippen molar-refractivity contribution >= 4 is 11.7 Å². The van der Waals surface area contributed by atoms with Gasteiger partial charge in [-0.05, 0) is 6.42 Å². The number of anilines is 1. The van der Waals surface area contributed by atoms with Crippen molar-refractivity contribution < 1.29 is 4.79 Å². The van der Waals surface area contributed by atoms with Crippen LogP contribution in [0.5, 0.6) is 0 Å². The third kappa shape index (κ3) is 3.13. The highest BCUT2D eigenvalue weighted by Gasteiger charge is 2.19. The van der Waals surface area contributed by atoms with Crippen LogP contribution in [0.15, 0.2) is 12.4 Å². The molecule has 0 saturated carbocycles. The molecule has 2 rings (SSSR count). The molecule has 0 atom stereocenters. The van der Waals surface area contributed by atoms with Crippen molar-refractivity contribution in [3.63, 3.8) is 0 Å². The second-order valence-corrected chi connectivity index (χ2v) is 4.31. The van der Waals surface area contributed by atoms with Crippen LogP contribution in [-0.4, -0.2) is 52.4 Å². The lowest BCUT2D eigenvalue weighted by Gasteiger charge is -2.18. The van der Waals surface area contributed by atoms with E-state index in [1.165, 1.54) is 0 Å². The van der Waals surface area contributed by atoms with Crippen molar-refractivity contribution in [1.29, 1.82) is 0 Å². The second-order valence-electron chi connectivity index (χ2n) is 4.31. The molecule has 6 heteroatoms. The number of aromatic nitrogens is 2. The van der Waals surface area contributed by atoms with E-state index in [-0.39, 0.29) is 5.91 Å². The van der Waals surface area contributed by atoms with Crippen LogP contribution in [0.1, 0.15) is 12.1 Å². The van der Waals surface area contributed by atoms with Gasteiger partial charge in [0.25, 0.3) is 0 Å². The van der Waals surface area contributed by atoms with Gasteiger partial charge < -0.3 is 10.6 Å². The molecular formula is C11H17N5O. The number of nitrogen functional groups attached to an aromatic ring is 1. The Balaban J connectivity index is 1.98. The van der Waals surface area contributed by atoms with Crippen molar-refractivity contribution in [2.75, 3.05) is 32.4 Å². The summed E-state index contributed by atoms with van der Waals surface area (Å²) in [6.07, 6.45) is 4.19. The lowest BCUT2D eigenvalue weighted by molar-refractivity contribution is -0.130. The number of hydrogen-bond donors (Lipinski definition) is 1. The van der Waals surface area contributed by atoms with Crippen LogP contribution in [0.4, 0.5) is 5.82 Å². The maximum atomic E-state index is 11.7. The van der Waals surface area contributed by atoms with Crippen LogP contribution in [-0.2, 0) is 11.3 Å². The van der Waals surface area contributed by atoms with Gasteiger partial charge in [0.1, 0.15) is 5.82 Å². The van der Waals surface area contributed by atoms with Gasteiger partial charge in [0.15, 0.2) is 0 Å². The van der Waals surface area contributed by atoms with Gasteiger partial charge in [0.05, 0.1) is 24.6 Å². The molecule has 6 nitrogen and oxygen atoms in total. The number of rotatable bonds is 2. The summed E-state index contributed by atoms with van der Waals surface area (Å²) in [4.78, 5) is 23.7. The predicted molar refractivity (Wildman–Crippen MR) is 64.0 cm³/mol. The van der Waals surface area contributed by atoms with Crippen LogP contribution in [0.3, 0.4) is 0 Å². The van der Waals surface area contributed by atoms with Gasteiger partial charge in [-0.3, -0.25) is 14.7 Å². The number of nitrogens with zero attached hydrogens (tertiary/aromatic N) is 4. The zero-order valence-corrected chi connectivity index (χ0v) is 9.96. The first-order valence-electron chi connectivity index (χ1n) is 5.68. The van der Waals surface area contributed by atoms with Crippen LogP contribution in [0.25, 0.3) is 0 Å². The molecule has 92 valence electrons. The molecule has 0 aromatic carbocycles. The largest absolute Gasteiger partial charge is 0.382 e. The third-order valence-electron chi connectivity index (χ3n) is 2.86. The summed E-state index contributed by atoms with van der Waals surface area (Å²) < 4.78 is 0. The highest BCUT2D eigenvalue weighted by molar-refractivity contribution is 5.78. The number of carbonyl (C=O) groups is 1. The Morgan fingerprint density at radius 1 is 1.35 bits per heavy atom. The molecular weight excluding hydrogens is 218 g/mol. The van der Waals surface area contributed by atoms with E-state index in [2.05, 4.69) is 14.9 Å². The number of hydrogen-bond acceptors (Lipinski definition) is 5. The molecule has 1 amide bonds. The van der Waals surface area contributed by atoms with E-state index in [0.29, 0.717) is 18.9 Å². The fraction of sp³-hybridized carbons (Fsp3) is 0.545. The first-order chi connectivity index (χ1) is 8.15. The Morgan fingerprint density at radius 2 is 2.18 bits per heavy atom. The van der Waals surface area contributed by atoms with E-state index < -0.39 is 0 Å². The summed E-state index contributed by atoms with van der Waals surface area (Å²) in [6.45, 7) is 2.82. The first-order valence-corrected chi connectivity index (χ1v) is 5.68. The minimum absolute atomic E-state index is 0.158. The van der Waals surface area contributed by atoms with E-state index >= 15 is 0 Å². The average Bonchev–Trinajstić information content (AvgIpc) is 2.45. The van der Waals surface area contributed by atoms with Crippen molar-refractivity contribution in [2.45, 2.75) is 13.0 Å². The molecule has 17 heavy (non-hydrogen) atoms. The third-order valence-corrected chi connectivity index (χ3v) is 2.86. The topological polar surface area (TPSA) is 75.3 Å². The molecule has 0 bridgehead atoms. The Labute approximate surface area is 100 Å². The lowest BCUT2D eigenvalue weighted by Crippen LogP contribution is -2.34. The molecule has 1 fully saturated rings. The average molecular weight is 235 g/mol. The minimum Gasteiger partial charge on any atom is -0.382 e. The van der Waals surface area contributed by atoms with Gasteiger partial charge in [-0.1, -0.05) is 0 Å². The quantitative estimate of drug-likeness (QED) is 0.763. The smallest absolute Gasteiger partial charge is 0.236 e. The van der Waals surface area contributed by atoms with E-state index in [1.807, 2.05) is 7.05 Å². The molecule has 0 unspecified atom stereocenters. The standard InChI is InChI=1S/C11H17N5O/c1-15-3-2-4-16(8-11(15)17)7-9-5-14-10(12)6-13-9/h5-6H,2-4,7-8H2,1H3,(H2,12,14). The van der Waals surface area contributed by atoms with Crippen molar-refractivity contribution in [2.24, 2.45) is 0 Å². The molecule has 1 aliphatic heterocycles. The first kappa shape index (κ1) is 11.8. The van der Waals surface area contributed by atoms with Crippen LogP contribution < -0.4 is 5.73 Å². The van der Waals surface area contributed by atoms with E-state index in [9.17, 15) is 4.79 Å². The molecule has 0 radical (unpaired) electrons. The summed E-state index contributed by atoms with van der Waals surface area (Å²) in [5.41, 5.74) is 6.32. The lowest BCUT2D eigenvalue weighted by atomic mass is 10.3. The Bertz CT molecular complexity index is 391. The van der Waals surface area contributed by atoms with Gasteiger partial charge in [0, 0.05) is 26.7 Å². The highest BCUT2D eigenvalue weighted by atomic mass is 16.2. The summed E-state index contributed by atoms with van der Waals surface area (Å²) >= 11 is 0. The predicted octanol–water partition coefficient (Wildman–Crippen LogP) is -0.277. The van der Waals surface area contributed by atoms with Gasteiger partial charge in [-0.25, -0.2) is 4.98 Å². The molecule has 1 aromatic rings. The monoisotopic (exact) mass is 235 g/mol. The van der Waals surface area contributed by atoms with E-state index in [0.717, 1.165) is 25.2 Å².